The van der Waals surface area contributed by atoms with Gasteiger partial charge in [-0.2, -0.15) is 0 Å². The summed E-state index contributed by atoms with van der Waals surface area (Å²) in [6.07, 6.45) is 1.53. The molecule has 0 saturated heterocycles. The molecule has 1 heterocycles. The zero-order valence-corrected chi connectivity index (χ0v) is 15.0. The van der Waals surface area contributed by atoms with Gasteiger partial charge < -0.3 is 10.6 Å². The number of aromatic nitrogens is 1. The Labute approximate surface area is 159 Å². The molecule has 2 aromatic carbocycles. The highest BCUT2D eigenvalue weighted by Crippen LogP contribution is 2.32. The number of carbonyl (C=O) groups is 1. The molecule has 0 saturated carbocycles. The van der Waals surface area contributed by atoms with Crippen LogP contribution in [0.15, 0.2) is 60.8 Å². The van der Waals surface area contributed by atoms with Crippen LogP contribution in [-0.4, -0.2) is 10.9 Å². The van der Waals surface area contributed by atoms with E-state index in [1.54, 1.807) is 54.6 Å². The van der Waals surface area contributed by atoms with E-state index in [0.717, 1.165) is 0 Å². The molecule has 126 valence electrons. The second-order valence-electron chi connectivity index (χ2n) is 5.09. The van der Waals surface area contributed by atoms with Gasteiger partial charge in [0.1, 0.15) is 5.82 Å². The number of nitrogens with one attached hydrogen (secondary N) is 2. The van der Waals surface area contributed by atoms with Crippen molar-refractivity contribution in [3.63, 3.8) is 0 Å². The number of hydrogen-bond acceptors (Lipinski definition) is 3. The number of carbonyl (C=O) groups excluding carboxylic acids is 1. The number of hydrogen-bond donors (Lipinski definition) is 2. The Hall–Kier alpha value is -2.27. The minimum Gasteiger partial charge on any atom is -0.338 e. The van der Waals surface area contributed by atoms with Gasteiger partial charge in [-0.05, 0) is 36.4 Å². The molecule has 3 aromatic rings. The van der Waals surface area contributed by atoms with Crippen LogP contribution >= 0.6 is 34.8 Å². The number of halogens is 3. The summed E-state index contributed by atoms with van der Waals surface area (Å²) in [5.41, 5.74) is 1.51. The lowest BCUT2D eigenvalue weighted by Gasteiger charge is -2.10. The smallest absolute Gasteiger partial charge is 0.257 e. The van der Waals surface area contributed by atoms with Crippen LogP contribution in [-0.2, 0) is 0 Å². The number of benzene rings is 2. The Bertz CT molecular complexity index is 893. The van der Waals surface area contributed by atoms with E-state index in [2.05, 4.69) is 15.6 Å². The maximum absolute atomic E-state index is 12.2. The third kappa shape index (κ3) is 4.23. The Morgan fingerprint density at radius 3 is 2.16 bits per heavy atom. The normalized spacial score (nSPS) is 10.4. The SMILES string of the molecule is O=C(Nc1ccc(Nc2c(Cl)cccc2Cl)nc1)c1ccccc1Cl. The van der Waals surface area contributed by atoms with Gasteiger partial charge in [-0.15, -0.1) is 0 Å². The summed E-state index contributed by atoms with van der Waals surface area (Å²) in [4.78, 5) is 16.5. The summed E-state index contributed by atoms with van der Waals surface area (Å²) in [6, 6.07) is 15.5. The van der Waals surface area contributed by atoms with E-state index in [4.69, 9.17) is 34.8 Å². The van der Waals surface area contributed by atoms with Gasteiger partial charge in [-0.3, -0.25) is 4.79 Å². The first-order valence-electron chi connectivity index (χ1n) is 7.27. The third-order valence-corrected chi connectivity index (χ3v) is 4.32. The van der Waals surface area contributed by atoms with Gasteiger partial charge in [0.15, 0.2) is 0 Å². The fraction of sp³-hybridized carbons (Fsp3) is 0. The van der Waals surface area contributed by atoms with Crippen LogP contribution in [0.25, 0.3) is 0 Å². The van der Waals surface area contributed by atoms with Crippen LogP contribution in [0.5, 0.6) is 0 Å². The van der Waals surface area contributed by atoms with Crippen LogP contribution in [0.2, 0.25) is 15.1 Å². The third-order valence-electron chi connectivity index (χ3n) is 3.36. The van der Waals surface area contributed by atoms with E-state index in [9.17, 15) is 4.79 Å². The van der Waals surface area contributed by atoms with Crippen LogP contribution < -0.4 is 10.6 Å². The van der Waals surface area contributed by atoms with Crippen molar-refractivity contribution >= 4 is 57.9 Å². The first-order valence-corrected chi connectivity index (χ1v) is 8.41. The molecule has 1 aromatic heterocycles. The number of amides is 1. The van der Waals surface area contributed by atoms with E-state index in [-0.39, 0.29) is 5.91 Å². The maximum Gasteiger partial charge on any atom is 0.257 e. The van der Waals surface area contributed by atoms with Gasteiger partial charge in [0.25, 0.3) is 5.91 Å². The Morgan fingerprint density at radius 2 is 1.52 bits per heavy atom. The van der Waals surface area contributed by atoms with Crippen molar-refractivity contribution < 1.29 is 4.79 Å². The van der Waals surface area contributed by atoms with Crippen LogP contribution in [0.4, 0.5) is 17.2 Å². The summed E-state index contributed by atoms with van der Waals surface area (Å²) < 4.78 is 0. The van der Waals surface area contributed by atoms with Crippen molar-refractivity contribution in [1.82, 2.24) is 4.98 Å². The van der Waals surface area contributed by atoms with E-state index in [1.807, 2.05) is 0 Å². The second-order valence-corrected chi connectivity index (χ2v) is 6.31. The standard InChI is InChI=1S/C18H12Cl3N3O/c19-13-5-2-1-4-12(13)18(25)23-11-8-9-16(22-10-11)24-17-14(20)6-3-7-15(17)21/h1-10H,(H,22,24)(H,23,25). The van der Waals surface area contributed by atoms with Crippen LogP contribution in [0.3, 0.4) is 0 Å². The van der Waals surface area contributed by atoms with E-state index >= 15 is 0 Å². The zero-order valence-electron chi connectivity index (χ0n) is 12.8. The highest BCUT2D eigenvalue weighted by Gasteiger charge is 2.10. The minimum absolute atomic E-state index is 0.303. The molecule has 0 aliphatic heterocycles. The Balaban J connectivity index is 1.72. The molecular formula is C18H12Cl3N3O. The highest BCUT2D eigenvalue weighted by molar-refractivity contribution is 6.39. The molecule has 0 radical (unpaired) electrons. The van der Waals surface area contributed by atoms with Crippen molar-refractivity contribution in [2.75, 3.05) is 10.6 Å². The number of para-hydroxylation sites is 1. The predicted octanol–water partition coefficient (Wildman–Crippen LogP) is 6.04. The molecule has 2 N–H and O–H groups in total. The number of pyridine rings is 1. The molecule has 0 aliphatic carbocycles. The summed E-state index contributed by atoms with van der Waals surface area (Å²) in [5.74, 6) is 0.244. The molecule has 0 bridgehead atoms. The lowest BCUT2D eigenvalue weighted by atomic mass is 10.2. The number of rotatable bonds is 4. The van der Waals surface area contributed by atoms with Crippen molar-refractivity contribution in [3.8, 4) is 0 Å². The number of anilines is 3. The van der Waals surface area contributed by atoms with Crippen LogP contribution in [0.1, 0.15) is 10.4 Å². The second kappa shape index (κ2) is 7.74. The molecule has 7 heteroatoms. The van der Waals surface area contributed by atoms with Gasteiger partial charge in [-0.1, -0.05) is 53.0 Å². The predicted molar refractivity (Wildman–Crippen MR) is 103 cm³/mol. The highest BCUT2D eigenvalue weighted by atomic mass is 35.5. The van der Waals surface area contributed by atoms with Crippen molar-refractivity contribution in [1.29, 1.82) is 0 Å². The molecule has 0 spiro atoms. The molecule has 0 fully saturated rings. The molecule has 0 atom stereocenters. The van der Waals surface area contributed by atoms with Crippen LogP contribution in [0, 0.1) is 0 Å². The van der Waals surface area contributed by atoms with Gasteiger partial charge in [-0.25, -0.2) is 4.98 Å². The van der Waals surface area contributed by atoms with Crippen molar-refractivity contribution in [2.24, 2.45) is 0 Å². The molecule has 3 rings (SSSR count). The molecule has 0 aliphatic rings. The quantitative estimate of drug-likeness (QED) is 0.569. The Morgan fingerprint density at radius 1 is 0.840 bits per heavy atom. The molecule has 4 nitrogen and oxygen atoms in total. The summed E-state index contributed by atoms with van der Waals surface area (Å²) >= 11 is 18.3. The first-order chi connectivity index (χ1) is 12.0. The minimum atomic E-state index is -0.303. The fourth-order valence-corrected chi connectivity index (χ4v) is 2.84. The van der Waals surface area contributed by atoms with Gasteiger partial charge in [0.05, 0.1) is 38.2 Å². The van der Waals surface area contributed by atoms with Gasteiger partial charge in [0.2, 0.25) is 0 Å². The maximum atomic E-state index is 12.2. The summed E-state index contributed by atoms with van der Waals surface area (Å²) in [6.45, 7) is 0. The molecule has 1 amide bonds. The monoisotopic (exact) mass is 391 g/mol. The van der Waals surface area contributed by atoms with Crippen molar-refractivity contribution in [2.45, 2.75) is 0 Å². The lowest BCUT2D eigenvalue weighted by Crippen LogP contribution is -2.12. The van der Waals surface area contributed by atoms with Gasteiger partial charge >= 0.3 is 0 Å². The zero-order chi connectivity index (χ0) is 17.8. The van der Waals surface area contributed by atoms with Gasteiger partial charge in [0, 0.05) is 0 Å². The van der Waals surface area contributed by atoms with E-state index in [1.165, 1.54) is 6.20 Å². The first kappa shape index (κ1) is 17.5. The Kier molecular flexibility index (Phi) is 5.43. The lowest BCUT2D eigenvalue weighted by molar-refractivity contribution is 0.102. The topological polar surface area (TPSA) is 54.0 Å². The fourth-order valence-electron chi connectivity index (χ4n) is 2.13. The molecular weight excluding hydrogens is 381 g/mol. The van der Waals surface area contributed by atoms with E-state index < -0.39 is 0 Å². The summed E-state index contributed by atoms with van der Waals surface area (Å²) in [5, 5.41) is 7.17. The summed E-state index contributed by atoms with van der Waals surface area (Å²) in [7, 11) is 0. The number of nitrogens with zero attached hydrogens (tertiary/aromatic N) is 1. The average Bonchev–Trinajstić information content (AvgIpc) is 2.60. The largest absolute Gasteiger partial charge is 0.338 e. The molecule has 25 heavy (non-hydrogen) atoms. The van der Waals surface area contributed by atoms with E-state index in [0.29, 0.717) is 37.8 Å². The van der Waals surface area contributed by atoms with Crippen molar-refractivity contribution in [3.05, 3.63) is 81.4 Å². The molecule has 0 unspecified atom stereocenters. The average molecular weight is 393 g/mol.